The number of nitrogens with zero attached hydrogens (tertiary/aromatic N) is 3. The second-order valence-corrected chi connectivity index (χ2v) is 6.05. The fourth-order valence-electron chi connectivity index (χ4n) is 1.82. The smallest absolute Gasteiger partial charge is 0.154 e. The van der Waals surface area contributed by atoms with Crippen LogP contribution in [0.3, 0.4) is 0 Å². The van der Waals surface area contributed by atoms with Crippen LogP contribution in [0.25, 0.3) is 11.0 Å². The first-order chi connectivity index (χ1) is 8.58. The van der Waals surface area contributed by atoms with Gasteiger partial charge in [-0.25, -0.2) is 9.97 Å². The van der Waals surface area contributed by atoms with E-state index < -0.39 is 10.8 Å². The third-order valence-electron chi connectivity index (χ3n) is 2.86. The van der Waals surface area contributed by atoms with Gasteiger partial charge in [0, 0.05) is 42.1 Å². The molecule has 0 saturated heterocycles. The summed E-state index contributed by atoms with van der Waals surface area (Å²) in [5.41, 5.74) is 1.93. The zero-order valence-corrected chi connectivity index (χ0v) is 11.7. The summed E-state index contributed by atoms with van der Waals surface area (Å²) in [5, 5.41) is 3.33. The van der Waals surface area contributed by atoms with Crippen LogP contribution in [-0.2, 0) is 17.8 Å². The Labute approximate surface area is 109 Å². The maximum atomic E-state index is 11.1. The SMILES string of the molecule is CC(CCS(C)=O)Nc1nccc2c1ncn2C. The van der Waals surface area contributed by atoms with Crippen LogP contribution in [0.15, 0.2) is 18.6 Å². The van der Waals surface area contributed by atoms with Crippen LogP contribution in [0.1, 0.15) is 13.3 Å². The standard InChI is InChI=1S/C12H18N4OS/c1-9(5-7-18(3)17)15-12-11-10(4-6-13-12)16(2)8-14-11/h4,6,8-9H,5,7H2,1-3H3,(H,13,15). The lowest BCUT2D eigenvalue weighted by Crippen LogP contribution is -2.18. The molecule has 18 heavy (non-hydrogen) atoms. The van der Waals surface area contributed by atoms with Gasteiger partial charge >= 0.3 is 0 Å². The first-order valence-corrected chi connectivity index (χ1v) is 7.63. The van der Waals surface area contributed by atoms with Gasteiger partial charge in [0.15, 0.2) is 5.82 Å². The van der Waals surface area contributed by atoms with E-state index in [9.17, 15) is 4.21 Å². The molecule has 0 aliphatic rings. The van der Waals surface area contributed by atoms with Gasteiger partial charge in [-0.2, -0.15) is 0 Å². The van der Waals surface area contributed by atoms with E-state index in [-0.39, 0.29) is 6.04 Å². The molecule has 0 fully saturated rings. The van der Waals surface area contributed by atoms with Gasteiger partial charge in [0.25, 0.3) is 0 Å². The predicted octanol–water partition coefficient (Wildman–Crippen LogP) is 1.54. The topological polar surface area (TPSA) is 59.8 Å². The number of hydrogen-bond acceptors (Lipinski definition) is 4. The quantitative estimate of drug-likeness (QED) is 0.891. The summed E-state index contributed by atoms with van der Waals surface area (Å²) in [4.78, 5) is 8.67. The molecule has 5 nitrogen and oxygen atoms in total. The minimum atomic E-state index is -0.747. The molecule has 2 unspecified atom stereocenters. The van der Waals surface area contributed by atoms with E-state index in [1.807, 2.05) is 17.7 Å². The molecule has 2 atom stereocenters. The Hall–Kier alpha value is -1.43. The van der Waals surface area contributed by atoms with Gasteiger partial charge in [-0.05, 0) is 19.4 Å². The van der Waals surface area contributed by atoms with Crippen molar-refractivity contribution in [2.45, 2.75) is 19.4 Å². The van der Waals surface area contributed by atoms with Gasteiger partial charge in [-0.1, -0.05) is 0 Å². The van der Waals surface area contributed by atoms with Crippen molar-refractivity contribution in [3.63, 3.8) is 0 Å². The molecule has 6 heteroatoms. The Bertz CT molecular complexity index is 566. The predicted molar refractivity (Wildman–Crippen MR) is 75.1 cm³/mol. The molecule has 0 aliphatic carbocycles. The van der Waals surface area contributed by atoms with E-state index in [0.717, 1.165) is 23.3 Å². The average Bonchev–Trinajstić information content (AvgIpc) is 2.70. The molecular formula is C12H18N4OS. The van der Waals surface area contributed by atoms with Gasteiger partial charge in [-0.3, -0.25) is 4.21 Å². The van der Waals surface area contributed by atoms with Gasteiger partial charge < -0.3 is 9.88 Å². The normalized spacial score (nSPS) is 14.6. The highest BCUT2D eigenvalue weighted by atomic mass is 32.2. The van der Waals surface area contributed by atoms with Gasteiger partial charge in [-0.15, -0.1) is 0 Å². The zero-order chi connectivity index (χ0) is 13.1. The van der Waals surface area contributed by atoms with E-state index in [4.69, 9.17) is 0 Å². The Balaban J connectivity index is 2.14. The fraction of sp³-hybridized carbons (Fsp3) is 0.500. The highest BCUT2D eigenvalue weighted by Crippen LogP contribution is 2.19. The molecule has 0 aromatic carbocycles. The molecule has 0 spiro atoms. The lowest BCUT2D eigenvalue weighted by Gasteiger charge is -2.13. The number of nitrogens with one attached hydrogen (secondary N) is 1. The molecule has 2 aromatic heterocycles. The van der Waals surface area contributed by atoms with Crippen LogP contribution in [0.4, 0.5) is 5.82 Å². The van der Waals surface area contributed by atoms with E-state index in [2.05, 4.69) is 22.2 Å². The maximum Gasteiger partial charge on any atom is 0.154 e. The summed E-state index contributed by atoms with van der Waals surface area (Å²) in [6, 6.07) is 2.17. The molecule has 2 aromatic rings. The lowest BCUT2D eigenvalue weighted by atomic mass is 10.2. The lowest BCUT2D eigenvalue weighted by molar-refractivity contribution is 0.678. The summed E-state index contributed by atoms with van der Waals surface area (Å²) < 4.78 is 13.0. The van der Waals surface area contributed by atoms with Crippen LogP contribution >= 0.6 is 0 Å². The zero-order valence-electron chi connectivity index (χ0n) is 10.9. The largest absolute Gasteiger partial charge is 0.366 e. The van der Waals surface area contributed by atoms with Crippen molar-refractivity contribution in [2.75, 3.05) is 17.3 Å². The molecular weight excluding hydrogens is 248 g/mol. The first kappa shape index (κ1) is 13.0. The summed E-state index contributed by atoms with van der Waals surface area (Å²) >= 11 is 0. The molecule has 1 N–H and O–H groups in total. The number of fused-ring (bicyclic) bond motifs is 1. The molecule has 2 rings (SSSR count). The molecule has 0 saturated carbocycles. The van der Waals surface area contributed by atoms with Crippen molar-refractivity contribution in [1.29, 1.82) is 0 Å². The number of rotatable bonds is 5. The van der Waals surface area contributed by atoms with Crippen molar-refractivity contribution in [1.82, 2.24) is 14.5 Å². The highest BCUT2D eigenvalue weighted by Gasteiger charge is 2.09. The van der Waals surface area contributed by atoms with Crippen molar-refractivity contribution >= 4 is 27.7 Å². The fourth-order valence-corrected chi connectivity index (χ4v) is 2.50. The molecule has 0 bridgehead atoms. The summed E-state index contributed by atoms with van der Waals surface area (Å²) in [6.45, 7) is 2.07. The van der Waals surface area contributed by atoms with E-state index in [1.165, 1.54) is 0 Å². The van der Waals surface area contributed by atoms with E-state index in [1.54, 1.807) is 18.8 Å². The Kier molecular flexibility index (Phi) is 3.96. The van der Waals surface area contributed by atoms with E-state index in [0.29, 0.717) is 5.75 Å². The Morgan fingerprint density at radius 2 is 2.28 bits per heavy atom. The van der Waals surface area contributed by atoms with Crippen LogP contribution in [0, 0.1) is 0 Å². The molecule has 0 amide bonds. The van der Waals surface area contributed by atoms with Crippen LogP contribution in [0.5, 0.6) is 0 Å². The summed E-state index contributed by atoms with van der Waals surface area (Å²) in [6.07, 6.45) is 6.14. The third-order valence-corrected chi connectivity index (χ3v) is 3.68. The monoisotopic (exact) mass is 266 g/mol. The van der Waals surface area contributed by atoms with Gasteiger partial charge in [0.05, 0.1) is 11.8 Å². The Morgan fingerprint density at radius 1 is 1.50 bits per heavy atom. The summed E-state index contributed by atoms with van der Waals surface area (Å²) in [5.74, 6) is 1.49. The van der Waals surface area contributed by atoms with E-state index >= 15 is 0 Å². The highest BCUT2D eigenvalue weighted by molar-refractivity contribution is 7.84. The van der Waals surface area contributed by atoms with Gasteiger partial charge in [0.2, 0.25) is 0 Å². The molecule has 98 valence electrons. The first-order valence-electron chi connectivity index (χ1n) is 5.90. The Morgan fingerprint density at radius 3 is 3.00 bits per heavy atom. The van der Waals surface area contributed by atoms with Crippen molar-refractivity contribution in [3.8, 4) is 0 Å². The third kappa shape index (κ3) is 2.87. The minimum Gasteiger partial charge on any atom is -0.366 e. The molecule has 2 heterocycles. The van der Waals surface area contributed by atoms with Crippen LogP contribution in [-0.4, -0.2) is 36.8 Å². The van der Waals surface area contributed by atoms with Crippen molar-refractivity contribution < 1.29 is 4.21 Å². The molecule has 0 radical (unpaired) electrons. The average molecular weight is 266 g/mol. The number of pyridine rings is 1. The number of imidazole rings is 1. The number of hydrogen-bond donors (Lipinski definition) is 1. The van der Waals surface area contributed by atoms with Crippen LogP contribution in [0.2, 0.25) is 0 Å². The number of aromatic nitrogens is 3. The minimum absolute atomic E-state index is 0.231. The van der Waals surface area contributed by atoms with Crippen molar-refractivity contribution in [2.24, 2.45) is 7.05 Å². The van der Waals surface area contributed by atoms with Gasteiger partial charge in [0.1, 0.15) is 5.52 Å². The number of aryl methyl sites for hydroxylation is 1. The van der Waals surface area contributed by atoms with Crippen molar-refractivity contribution in [3.05, 3.63) is 18.6 Å². The second-order valence-electron chi connectivity index (χ2n) is 4.49. The molecule has 0 aliphatic heterocycles. The second kappa shape index (κ2) is 5.48. The summed E-state index contributed by atoms with van der Waals surface area (Å²) in [7, 11) is 1.21. The maximum absolute atomic E-state index is 11.1. The number of anilines is 1. The van der Waals surface area contributed by atoms with Crippen LogP contribution < -0.4 is 5.32 Å².